The molecule has 0 aliphatic rings. The van der Waals surface area contributed by atoms with Gasteiger partial charge in [-0.3, -0.25) is 0 Å². The molecular formula is C15H9I3. The van der Waals surface area contributed by atoms with Gasteiger partial charge in [0.05, 0.1) is 0 Å². The van der Waals surface area contributed by atoms with Gasteiger partial charge in [-0.1, -0.05) is 42.5 Å². The lowest BCUT2D eigenvalue weighted by Crippen LogP contribution is -1.97. The number of hydrogen-bond donors (Lipinski definition) is 0. The Morgan fingerprint density at radius 3 is 1.94 bits per heavy atom. The van der Waals surface area contributed by atoms with E-state index in [1.54, 1.807) is 0 Å². The summed E-state index contributed by atoms with van der Waals surface area (Å²) in [5.41, 5.74) is 1.38. The second-order valence-electron chi connectivity index (χ2n) is 4.22. The minimum Gasteiger partial charge on any atom is -0.0616 e. The zero-order valence-corrected chi connectivity index (χ0v) is 15.8. The SMILES string of the molecule is IC(I)(I)c1cccc2cc3ccccc3cc12. The molecule has 0 heterocycles. The van der Waals surface area contributed by atoms with Gasteiger partial charge in [0, 0.05) is 0 Å². The quantitative estimate of drug-likeness (QED) is 0.181. The predicted molar refractivity (Wildman–Crippen MR) is 105 cm³/mol. The highest BCUT2D eigenvalue weighted by Crippen LogP contribution is 2.48. The summed E-state index contributed by atoms with van der Waals surface area (Å²) in [6, 6.07) is 19.7. The molecule has 0 aromatic heterocycles. The van der Waals surface area contributed by atoms with E-state index in [2.05, 4.69) is 122 Å². The van der Waals surface area contributed by atoms with Crippen molar-refractivity contribution in [3.8, 4) is 0 Å². The normalized spacial score (nSPS) is 12.2. The second kappa shape index (κ2) is 5.05. The summed E-state index contributed by atoms with van der Waals surface area (Å²) in [5.74, 6) is 0. The van der Waals surface area contributed by atoms with Crippen molar-refractivity contribution < 1.29 is 0 Å². The predicted octanol–water partition coefficient (Wildman–Crippen LogP) is 6.41. The summed E-state index contributed by atoms with van der Waals surface area (Å²) in [6.45, 7) is 0. The molecule has 0 atom stereocenters. The number of rotatable bonds is 1. The lowest BCUT2D eigenvalue weighted by Gasteiger charge is -2.16. The fourth-order valence-corrected chi connectivity index (χ4v) is 3.63. The van der Waals surface area contributed by atoms with Gasteiger partial charge in [-0.15, -0.1) is 0 Å². The van der Waals surface area contributed by atoms with E-state index in [0.717, 1.165) is 0 Å². The molecule has 0 nitrogen and oxygen atoms in total. The van der Waals surface area contributed by atoms with Crippen molar-refractivity contribution in [1.29, 1.82) is 0 Å². The van der Waals surface area contributed by atoms with E-state index in [4.69, 9.17) is 0 Å². The first-order valence-electron chi connectivity index (χ1n) is 5.54. The Hall–Kier alpha value is 0.370. The zero-order chi connectivity index (χ0) is 12.8. The second-order valence-corrected chi connectivity index (χ2v) is 15.3. The highest BCUT2D eigenvalue weighted by Gasteiger charge is 2.22. The first kappa shape index (κ1) is 13.4. The Bertz CT molecular complexity index is 726. The van der Waals surface area contributed by atoms with Crippen LogP contribution in [-0.2, 0) is -0.565 Å². The van der Waals surface area contributed by atoms with Crippen LogP contribution in [0.3, 0.4) is 0 Å². The van der Waals surface area contributed by atoms with Gasteiger partial charge < -0.3 is 0 Å². The van der Waals surface area contributed by atoms with Crippen molar-refractivity contribution in [3.63, 3.8) is 0 Å². The van der Waals surface area contributed by atoms with Gasteiger partial charge in [0.25, 0.3) is 0 Å². The molecule has 0 aliphatic carbocycles. The van der Waals surface area contributed by atoms with Gasteiger partial charge in [0.2, 0.25) is 0 Å². The monoisotopic (exact) mass is 570 g/mol. The van der Waals surface area contributed by atoms with Gasteiger partial charge in [-0.25, -0.2) is 0 Å². The first-order valence-corrected chi connectivity index (χ1v) is 8.78. The number of benzene rings is 3. The molecule has 0 aliphatic heterocycles. The maximum Gasteiger partial charge on any atom is 0.149 e. The Kier molecular flexibility index (Phi) is 3.75. The van der Waals surface area contributed by atoms with Crippen molar-refractivity contribution in [2.75, 3.05) is 0 Å². The lowest BCUT2D eigenvalue weighted by atomic mass is 10.0. The van der Waals surface area contributed by atoms with Crippen LogP contribution in [0, 0.1) is 0 Å². The number of halogens is 3. The van der Waals surface area contributed by atoms with E-state index < -0.39 is 0 Å². The molecule has 0 fully saturated rings. The zero-order valence-electron chi connectivity index (χ0n) is 9.33. The first-order chi connectivity index (χ1) is 8.55. The minimum atomic E-state index is 0.0925. The molecule has 0 saturated carbocycles. The van der Waals surface area contributed by atoms with Gasteiger partial charge >= 0.3 is 0 Å². The van der Waals surface area contributed by atoms with Gasteiger partial charge in [-0.2, -0.15) is 0 Å². The van der Waals surface area contributed by atoms with Crippen molar-refractivity contribution in [2.45, 2.75) is -0.565 Å². The molecule has 0 radical (unpaired) electrons. The topological polar surface area (TPSA) is 0 Å². The molecule has 0 N–H and O–H groups in total. The third-order valence-electron chi connectivity index (χ3n) is 3.05. The number of fused-ring (bicyclic) bond motifs is 2. The summed E-state index contributed by atoms with van der Waals surface area (Å²) in [7, 11) is 0. The summed E-state index contributed by atoms with van der Waals surface area (Å²) < 4.78 is 0.0925. The largest absolute Gasteiger partial charge is 0.149 e. The molecule has 90 valence electrons. The Morgan fingerprint density at radius 1 is 0.667 bits per heavy atom. The molecular weight excluding hydrogens is 561 g/mol. The van der Waals surface area contributed by atoms with E-state index >= 15 is 0 Å². The molecule has 0 bridgehead atoms. The van der Waals surface area contributed by atoms with Crippen LogP contribution in [0.5, 0.6) is 0 Å². The van der Waals surface area contributed by atoms with E-state index in [1.807, 2.05) is 0 Å². The van der Waals surface area contributed by atoms with Crippen LogP contribution in [0.4, 0.5) is 0 Å². The average Bonchev–Trinajstić information content (AvgIpc) is 2.34. The molecule has 3 heteroatoms. The molecule has 3 rings (SSSR count). The fourth-order valence-electron chi connectivity index (χ4n) is 2.21. The maximum absolute atomic E-state index is 2.49. The maximum atomic E-state index is 2.49. The lowest BCUT2D eigenvalue weighted by molar-refractivity contribution is 1.49. The van der Waals surface area contributed by atoms with Crippen LogP contribution in [0.15, 0.2) is 54.6 Å². The van der Waals surface area contributed by atoms with Crippen LogP contribution < -0.4 is 0 Å². The van der Waals surface area contributed by atoms with E-state index in [0.29, 0.717) is 0 Å². The standard InChI is InChI=1S/C15H9I3/c16-15(17,18)14-7-3-6-12-8-10-4-1-2-5-11(10)9-13(12)14/h1-9H. The van der Waals surface area contributed by atoms with Crippen LogP contribution in [0.2, 0.25) is 0 Å². The van der Waals surface area contributed by atoms with Crippen LogP contribution in [-0.4, -0.2) is 0 Å². The average molecular weight is 570 g/mol. The van der Waals surface area contributed by atoms with Gasteiger partial charge in [-0.05, 0) is 107 Å². The molecule has 0 spiro atoms. The van der Waals surface area contributed by atoms with E-state index in [-0.39, 0.29) is -0.565 Å². The van der Waals surface area contributed by atoms with Crippen LogP contribution in [0.1, 0.15) is 5.56 Å². The summed E-state index contributed by atoms with van der Waals surface area (Å²) in [5, 5.41) is 5.30. The Morgan fingerprint density at radius 2 is 1.28 bits per heavy atom. The highest BCUT2D eigenvalue weighted by molar-refractivity contribution is 14.3. The summed E-state index contributed by atoms with van der Waals surface area (Å²) in [6.07, 6.45) is 0. The fraction of sp³-hybridized carbons (Fsp3) is 0.0667. The van der Waals surface area contributed by atoms with E-state index in [1.165, 1.54) is 27.1 Å². The Labute approximate surface area is 147 Å². The molecule has 0 saturated heterocycles. The highest BCUT2D eigenvalue weighted by atomic mass is 127. The molecule has 0 unspecified atom stereocenters. The minimum absolute atomic E-state index is 0.0925. The Balaban J connectivity index is 2.44. The molecule has 0 amide bonds. The molecule has 18 heavy (non-hydrogen) atoms. The van der Waals surface area contributed by atoms with Crippen molar-refractivity contribution in [1.82, 2.24) is 0 Å². The third kappa shape index (κ3) is 2.49. The van der Waals surface area contributed by atoms with Crippen molar-refractivity contribution in [2.24, 2.45) is 0 Å². The third-order valence-corrected chi connectivity index (χ3v) is 4.80. The van der Waals surface area contributed by atoms with Crippen LogP contribution >= 0.6 is 67.8 Å². The van der Waals surface area contributed by atoms with E-state index in [9.17, 15) is 0 Å². The van der Waals surface area contributed by atoms with Gasteiger partial charge in [0.1, 0.15) is -0.565 Å². The number of hydrogen-bond acceptors (Lipinski definition) is 0. The van der Waals surface area contributed by atoms with Gasteiger partial charge in [0.15, 0.2) is 0 Å². The summed E-state index contributed by atoms with van der Waals surface area (Å²) in [4.78, 5) is 0. The molecule has 3 aromatic rings. The summed E-state index contributed by atoms with van der Waals surface area (Å²) >= 11 is 7.46. The molecule has 3 aromatic carbocycles. The van der Waals surface area contributed by atoms with Crippen molar-refractivity contribution in [3.05, 3.63) is 60.2 Å². The smallest absolute Gasteiger partial charge is 0.0616 e. The van der Waals surface area contributed by atoms with Crippen molar-refractivity contribution >= 4 is 89.3 Å². The number of alkyl halides is 3. The van der Waals surface area contributed by atoms with Crippen LogP contribution in [0.25, 0.3) is 21.5 Å².